The van der Waals surface area contributed by atoms with Crippen molar-refractivity contribution in [3.63, 3.8) is 0 Å². The van der Waals surface area contributed by atoms with Crippen LogP contribution in [0, 0.1) is 11.3 Å². The van der Waals surface area contributed by atoms with Gasteiger partial charge in [-0.2, -0.15) is 0 Å². The average molecular weight is 160 g/mol. The lowest BCUT2D eigenvalue weighted by molar-refractivity contribution is 0.575. The standard InChI is InChI=1S/C12H16/c1-9-11(12(9,2)3)10-7-5-4-6-8-10/h4-9,11H,1-3H3/t9-,11-/m1/s1. The molecule has 0 unspecified atom stereocenters. The first-order valence-electron chi connectivity index (χ1n) is 4.69. The summed E-state index contributed by atoms with van der Waals surface area (Å²) in [7, 11) is 0. The molecule has 0 aliphatic heterocycles. The molecule has 0 amide bonds. The molecule has 0 saturated heterocycles. The van der Waals surface area contributed by atoms with E-state index >= 15 is 0 Å². The van der Waals surface area contributed by atoms with Crippen molar-refractivity contribution in [2.45, 2.75) is 26.7 Å². The second-order valence-corrected chi connectivity index (χ2v) is 4.50. The van der Waals surface area contributed by atoms with Crippen LogP contribution in [0.25, 0.3) is 0 Å². The summed E-state index contributed by atoms with van der Waals surface area (Å²) in [6.07, 6.45) is 0. The highest BCUT2D eigenvalue weighted by molar-refractivity contribution is 5.30. The lowest BCUT2D eigenvalue weighted by Crippen LogP contribution is -1.89. The largest absolute Gasteiger partial charge is 0.0622 e. The quantitative estimate of drug-likeness (QED) is 0.590. The van der Waals surface area contributed by atoms with E-state index in [-0.39, 0.29) is 0 Å². The SMILES string of the molecule is C[C@@H]1[C@H](c2ccccc2)C1(C)C. The lowest BCUT2D eigenvalue weighted by atomic mass is 10.0. The summed E-state index contributed by atoms with van der Waals surface area (Å²) in [6, 6.07) is 10.8. The van der Waals surface area contributed by atoms with Gasteiger partial charge in [0.25, 0.3) is 0 Å². The highest BCUT2D eigenvalue weighted by Crippen LogP contribution is 2.63. The van der Waals surface area contributed by atoms with Gasteiger partial charge in [0.2, 0.25) is 0 Å². The molecule has 1 aliphatic rings. The minimum atomic E-state index is 0.529. The maximum absolute atomic E-state index is 2.36. The van der Waals surface area contributed by atoms with Crippen molar-refractivity contribution in [3.8, 4) is 0 Å². The number of benzene rings is 1. The predicted octanol–water partition coefficient (Wildman–Crippen LogP) is 3.45. The van der Waals surface area contributed by atoms with E-state index in [4.69, 9.17) is 0 Å². The van der Waals surface area contributed by atoms with Gasteiger partial charge in [0.05, 0.1) is 0 Å². The predicted molar refractivity (Wildman–Crippen MR) is 52.1 cm³/mol. The molecule has 0 N–H and O–H groups in total. The first-order valence-corrected chi connectivity index (χ1v) is 4.69. The van der Waals surface area contributed by atoms with Gasteiger partial charge in [0.15, 0.2) is 0 Å². The van der Waals surface area contributed by atoms with Crippen LogP contribution in [0.4, 0.5) is 0 Å². The molecule has 1 aromatic carbocycles. The van der Waals surface area contributed by atoms with Gasteiger partial charge in [0.1, 0.15) is 0 Å². The molecule has 1 fully saturated rings. The Bertz CT molecular complexity index is 271. The average Bonchev–Trinajstić information content (AvgIpc) is 2.53. The second-order valence-electron chi connectivity index (χ2n) is 4.50. The molecule has 1 saturated carbocycles. The number of hydrogen-bond acceptors (Lipinski definition) is 0. The van der Waals surface area contributed by atoms with Crippen molar-refractivity contribution in [1.29, 1.82) is 0 Å². The number of hydrogen-bond donors (Lipinski definition) is 0. The summed E-state index contributed by atoms with van der Waals surface area (Å²) in [6.45, 7) is 7.06. The Kier molecular flexibility index (Phi) is 1.54. The first-order chi connectivity index (χ1) is 5.64. The third-order valence-corrected chi connectivity index (χ3v) is 3.52. The fraction of sp³-hybridized carbons (Fsp3) is 0.500. The highest BCUT2D eigenvalue weighted by Gasteiger charge is 2.54. The molecule has 12 heavy (non-hydrogen) atoms. The van der Waals surface area contributed by atoms with Crippen molar-refractivity contribution in [2.75, 3.05) is 0 Å². The number of rotatable bonds is 1. The van der Waals surface area contributed by atoms with Crippen LogP contribution in [0.2, 0.25) is 0 Å². The van der Waals surface area contributed by atoms with Crippen molar-refractivity contribution in [2.24, 2.45) is 11.3 Å². The molecule has 2 rings (SSSR count). The zero-order valence-electron chi connectivity index (χ0n) is 8.04. The van der Waals surface area contributed by atoms with Gasteiger partial charge in [-0.15, -0.1) is 0 Å². The Morgan fingerprint density at radius 1 is 1.08 bits per heavy atom. The van der Waals surface area contributed by atoms with Crippen molar-refractivity contribution < 1.29 is 0 Å². The summed E-state index contributed by atoms with van der Waals surface area (Å²) in [5.41, 5.74) is 2.04. The summed E-state index contributed by atoms with van der Waals surface area (Å²) >= 11 is 0. The molecule has 0 heteroatoms. The Morgan fingerprint density at radius 3 is 2.00 bits per heavy atom. The van der Waals surface area contributed by atoms with Crippen LogP contribution in [0.1, 0.15) is 32.3 Å². The van der Waals surface area contributed by atoms with E-state index in [9.17, 15) is 0 Å². The summed E-state index contributed by atoms with van der Waals surface area (Å²) in [4.78, 5) is 0. The molecular weight excluding hydrogens is 144 g/mol. The summed E-state index contributed by atoms with van der Waals surface area (Å²) < 4.78 is 0. The Morgan fingerprint density at radius 2 is 1.58 bits per heavy atom. The van der Waals surface area contributed by atoms with Gasteiger partial charge in [-0.25, -0.2) is 0 Å². The topological polar surface area (TPSA) is 0 Å². The molecule has 0 radical (unpaired) electrons. The molecule has 0 aromatic heterocycles. The maximum Gasteiger partial charge on any atom is -0.00768 e. The van der Waals surface area contributed by atoms with E-state index in [1.165, 1.54) is 5.56 Å². The molecule has 0 nitrogen and oxygen atoms in total. The molecule has 1 aliphatic carbocycles. The molecule has 0 bridgehead atoms. The molecular formula is C12H16. The minimum Gasteiger partial charge on any atom is -0.0622 e. The third kappa shape index (κ3) is 0.979. The zero-order valence-corrected chi connectivity index (χ0v) is 8.04. The van der Waals surface area contributed by atoms with Crippen molar-refractivity contribution in [1.82, 2.24) is 0 Å². The highest BCUT2D eigenvalue weighted by atomic mass is 14.6. The zero-order chi connectivity index (χ0) is 8.77. The second kappa shape index (κ2) is 2.35. The molecule has 1 aromatic rings. The van der Waals surface area contributed by atoms with E-state index in [0.29, 0.717) is 5.41 Å². The van der Waals surface area contributed by atoms with Gasteiger partial charge >= 0.3 is 0 Å². The fourth-order valence-corrected chi connectivity index (χ4v) is 2.27. The van der Waals surface area contributed by atoms with Gasteiger partial charge in [-0.05, 0) is 22.8 Å². The van der Waals surface area contributed by atoms with E-state index in [2.05, 4.69) is 51.1 Å². The fourth-order valence-electron chi connectivity index (χ4n) is 2.27. The Hall–Kier alpha value is -0.780. The molecule has 64 valence electrons. The van der Waals surface area contributed by atoms with Crippen LogP contribution in [-0.2, 0) is 0 Å². The van der Waals surface area contributed by atoms with Crippen molar-refractivity contribution in [3.05, 3.63) is 35.9 Å². The van der Waals surface area contributed by atoms with Crippen LogP contribution in [0.15, 0.2) is 30.3 Å². The summed E-state index contributed by atoms with van der Waals surface area (Å²) in [5.74, 6) is 1.64. The smallest absolute Gasteiger partial charge is 0.00768 e. The van der Waals surface area contributed by atoms with Gasteiger partial charge < -0.3 is 0 Å². The molecule has 0 heterocycles. The molecule has 2 atom stereocenters. The Balaban J connectivity index is 2.25. The normalized spacial score (nSPS) is 31.6. The maximum atomic E-state index is 2.36. The van der Waals surface area contributed by atoms with Crippen LogP contribution >= 0.6 is 0 Å². The van der Waals surface area contributed by atoms with Crippen LogP contribution in [-0.4, -0.2) is 0 Å². The Labute approximate surface area is 74.6 Å². The monoisotopic (exact) mass is 160 g/mol. The minimum absolute atomic E-state index is 0.529. The van der Waals surface area contributed by atoms with E-state index in [0.717, 1.165) is 11.8 Å². The van der Waals surface area contributed by atoms with Gasteiger partial charge in [0, 0.05) is 0 Å². The summed E-state index contributed by atoms with van der Waals surface area (Å²) in [5, 5.41) is 0. The van der Waals surface area contributed by atoms with E-state index in [1.54, 1.807) is 0 Å². The van der Waals surface area contributed by atoms with E-state index in [1.807, 2.05) is 0 Å². The van der Waals surface area contributed by atoms with Gasteiger partial charge in [-0.3, -0.25) is 0 Å². The molecule has 0 spiro atoms. The first kappa shape index (κ1) is 7.85. The van der Waals surface area contributed by atoms with Crippen LogP contribution < -0.4 is 0 Å². The van der Waals surface area contributed by atoms with Gasteiger partial charge in [-0.1, -0.05) is 51.1 Å². The van der Waals surface area contributed by atoms with E-state index < -0.39 is 0 Å². The third-order valence-electron chi connectivity index (χ3n) is 3.52. The van der Waals surface area contributed by atoms with Crippen molar-refractivity contribution >= 4 is 0 Å². The lowest BCUT2D eigenvalue weighted by Gasteiger charge is -2.01. The van der Waals surface area contributed by atoms with Crippen LogP contribution in [0.3, 0.4) is 0 Å². The van der Waals surface area contributed by atoms with Crippen LogP contribution in [0.5, 0.6) is 0 Å².